The summed E-state index contributed by atoms with van der Waals surface area (Å²) in [6, 6.07) is 0.168. The number of nitrogens with one attached hydrogen (secondary N) is 1. The second kappa shape index (κ2) is 6.50. The second-order valence-corrected chi connectivity index (χ2v) is 6.46. The molecule has 2 heterocycles. The van der Waals surface area contributed by atoms with E-state index in [1.54, 1.807) is 6.08 Å². The van der Waals surface area contributed by atoms with Crippen LogP contribution in [0.5, 0.6) is 0 Å². The Morgan fingerprint density at radius 1 is 1.38 bits per heavy atom. The van der Waals surface area contributed by atoms with E-state index in [0.29, 0.717) is 13.0 Å². The molecule has 2 aliphatic heterocycles. The third-order valence-corrected chi connectivity index (χ3v) is 4.61. The van der Waals surface area contributed by atoms with Crippen molar-refractivity contribution in [3.8, 4) is 0 Å². The molecular weight excluding hydrogens is 266 g/mol. The van der Waals surface area contributed by atoms with Gasteiger partial charge in [0.2, 0.25) is 5.91 Å². The quantitative estimate of drug-likeness (QED) is 0.811. The van der Waals surface area contributed by atoms with Crippen molar-refractivity contribution in [1.29, 1.82) is 0 Å². The average molecular weight is 293 g/mol. The predicted molar refractivity (Wildman–Crippen MR) is 83.0 cm³/mol. The summed E-state index contributed by atoms with van der Waals surface area (Å²) in [7, 11) is 0. The summed E-state index contributed by atoms with van der Waals surface area (Å²) >= 11 is 0. The largest absolute Gasteiger partial charge is 0.336 e. The van der Waals surface area contributed by atoms with Gasteiger partial charge in [-0.05, 0) is 39.5 Å². The first-order chi connectivity index (χ1) is 9.98. The smallest absolute Gasteiger partial charge is 0.317 e. The van der Waals surface area contributed by atoms with E-state index < -0.39 is 0 Å². The van der Waals surface area contributed by atoms with Crippen LogP contribution < -0.4 is 5.32 Å². The molecule has 2 saturated heterocycles. The lowest BCUT2D eigenvalue weighted by molar-refractivity contribution is -0.130. The molecule has 118 valence electrons. The zero-order valence-electron chi connectivity index (χ0n) is 13.2. The first-order valence-corrected chi connectivity index (χ1v) is 7.95. The zero-order chi connectivity index (χ0) is 15.5. The molecule has 2 aliphatic rings. The number of amides is 3. The highest BCUT2D eigenvalue weighted by molar-refractivity contribution is 5.80. The van der Waals surface area contributed by atoms with E-state index in [-0.39, 0.29) is 23.5 Å². The number of carbonyl (C=O) groups excluding carboxylic acids is 2. The lowest BCUT2D eigenvalue weighted by Crippen LogP contribution is -2.47. The normalized spacial score (nSPS) is 26.3. The van der Waals surface area contributed by atoms with Crippen molar-refractivity contribution < 1.29 is 9.59 Å². The molecule has 0 saturated carbocycles. The standard InChI is InChI=1S/C16H27N3O2/c1-4-10-19-14(20)6-8-16(19)7-5-11-18(12-9-16)15(21)17-13(2)3/h4,13H,1,5-12H2,2-3H3,(H,17,21). The molecule has 1 atom stereocenters. The minimum absolute atomic E-state index is 0.0154. The topological polar surface area (TPSA) is 52.7 Å². The molecule has 1 spiro atoms. The number of likely N-dealkylation sites (tertiary alicyclic amines) is 2. The van der Waals surface area contributed by atoms with Gasteiger partial charge in [-0.15, -0.1) is 6.58 Å². The molecule has 0 aromatic heterocycles. The number of nitrogens with zero attached hydrogens (tertiary/aromatic N) is 2. The SMILES string of the molecule is C=CCN1C(=O)CCC12CCCN(C(=O)NC(C)C)CC2. The van der Waals surface area contributed by atoms with Gasteiger partial charge in [0, 0.05) is 37.6 Å². The van der Waals surface area contributed by atoms with Gasteiger partial charge in [0.15, 0.2) is 0 Å². The van der Waals surface area contributed by atoms with E-state index in [2.05, 4.69) is 11.9 Å². The van der Waals surface area contributed by atoms with E-state index in [1.807, 2.05) is 23.6 Å². The Balaban J connectivity index is 2.04. The lowest BCUT2D eigenvalue weighted by Gasteiger charge is -2.37. The van der Waals surface area contributed by atoms with Gasteiger partial charge in [-0.1, -0.05) is 6.08 Å². The van der Waals surface area contributed by atoms with Crippen LogP contribution in [0.2, 0.25) is 0 Å². The molecule has 0 aliphatic carbocycles. The monoisotopic (exact) mass is 293 g/mol. The van der Waals surface area contributed by atoms with Crippen LogP contribution in [0.3, 0.4) is 0 Å². The Labute approximate surface area is 127 Å². The van der Waals surface area contributed by atoms with Gasteiger partial charge in [-0.2, -0.15) is 0 Å². The Morgan fingerprint density at radius 3 is 2.81 bits per heavy atom. The first-order valence-electron chi connectivity index (χ1n) is 7.95. The molecule has 0 aromatic rings. The molecule has 5 heteroatoms. The van der Waals surface area contributed by atoms with Crippen LogP contribution in [-0.4, -0.2) is 53.0 Å². The summed E-state index contributed by atoms with van der Waals surface area (Å²) in [5, 5.41) is 2.95. The highest BCUT2D eigenvalue weighted by Crippen LogP contribution is 2.38. The van der Waals surface area contributed by atoms with Crippen LogP contribution in [-0.2, 0) is 4.79 Å². The summed E-state index contributed by atoms with van der Waals surface area (Å²) in [5.74, 6) is 0.231. The van der Waals surface area contributed by atoms with Gasteiger partial charge in [-0.3, -0.25) is 4.79 Å². The van der Waals surface area contributed by atoms with Gasteiger partial charge in [0.25, 0.3) is 0 Å². The van der Waals surface area contributed by atoms with Gasteiger partial charge in [0.05, 0.1) is 0 Å². The van der Waals surface area contributed by atoms with Crippen molar-refractivity contribution in [2.24, 2.45) is 0 Å². The van der Waals surface area contributed by atoms with E-state index in [4.69, 9.17) is 0 Å². The van der Waals surface area contributed by atoms with Crippen LogP contribution in [0.25, 0.3) is 0 Å². The Kier molecular flexibility index (Phi) is 4.91. The number of carbonyl (C=O) groups is 2. The highest BCUT2D eigenvalue weighted by Gasteiger charge is 2.45. The maximum Gasteiger partial charge on any atom is 0.317 e. The van der Waals surface area contributed by atoms with Crippen molar-refractivity contribution in [2.45, 2.75) is 57.5 Å². The molecule has 0 aromatic carbocycles. The van der Waals surface area contributed by atoms with Gasteiger partial charge in [-0.25, -0.2) is 4.79 Å². The van der Waals surface area contributed by atoms with E-state index in [1.165, 1.54) is 0 Å². The van der Waals surface area contributed by atoms with E-state index in [9.17, 15) is 9.59 Å². The van der Waals surface area contributed by atoms with E-state index >= 15 is 0 Å². The average Bonchev–Trinajstić information content (AvgIpc) is 2.62. The molecule has 0 bridgehead atoms. The number of hydrogen-bond acceptors (Lipinski definition) is 2. The Morgan fingerprint density at radius 2 is 2.14 bits per heavy atom. The third-order valence-electron chi connectivity index (χ3n) is 4.61. The lowest BCUT2D eigenvalue weighted by atomic mass is 9.88. The fraction of sp³-hybridized carbons (Fsp3) is 0.750. The minimum atomic E-state index is -0.0574. The molecule has 1 N–H and O–H groups in total. The van der Waals surface area contributed by atoms with Crippen molar-refractivity contribution in [1.82, 2.24) is 15.1 Å². The molecule has 0 radical (unpaired) electrons. The number of rotatable bonds is 3. The molecule has 5 nitrogen and oxygen atoms in total. The van der Waals surface area contributed by atoms with Crippen LogP contribution in [0.4, 0.5) is 4.79 Å². The molecular formula is C16H27N3O2. The fourth-order valence-corrected chi connectivity index (χ4v) is 3.54. The maximum atomic E-state index is 12.2. The number of urea groups is 1. The van der Waals surface area contributed by atoms with Crippen LogP contribution >= 0.6 is 0 Å². The zero-order valence-corrected chi connectivity index (χ0v) is 13.2. The number of hydrogen-bond donors (Lipinski definition) is 1. The molecule has 2 rings (SSSR count). The first kappa shape index (κ1) is 15.9. The minimum Gasteiger partial charge on any atom is -0.336 e. The molecule has 3 amide bonds. The summed E-state index contributed by atoms with van der Waals surface area (Å²) in [6.45, 7) is 9.83. The summed E-state index contributed by atoms with van der Waals surface area (Å²) in [6.07, 6.45) is 6.16. The Bertz CT molecular complexity index is 422. The predicted octanol–water partition coefficient (Wildman–Crippen LogP) is 2.14. The molecule has 2 fully saturated rings. The second-order valence-electron chi connectivity index (χ2n) is 6.46. The van der Waals surface area contributed by atoms with Crippen LogP contribution in [0.15, 0.2) is 12.7 Å². The third kappa shape index (κ3) is 3.39. The molecule has 21 heavy (non-hydrogen) atoms. The van der Waals surface area contributed by atoms with Gasteiger partial charge in [0.1, 0.15) is 0 Å². The van der Waals surface area contributed by atoms with Crippen LogP contribution in [0.1, 0.15) is 46.0 Å². The summed E-state index contributed by atoms with van der Waals surface area (Å²) < 4.78 is 0. The van der Waals surface area contributed by atoms with Crippen molar-refractivity contribution >= 4 is 11.9 Å². The molecule has 1 unspecified atom stereocenters. The summed E-state index contributed by atoms with van der Waals surface area (Å²) in [5.41, 5.74) is -0.0574. The van der Waals surface area contributed by atoms with Crippen molar-refractivity contribution in [3.05, 3.63) is 12.7 Å². The van der Waals surface area contributed by atoms with Gasteiger partial charge < -0.3 is 15.1 Å². The Hall–Kier alpha value is -1.52. The van der Waals surface area contributed by atoms with Crippen molar-refractivity contribution in [3.63, 3.8) is 0 Å². The fourth-order valence-electron chi connectivity index (χ4n) is 3.54. The van der Waals surface area contributed by atoms with Crippen LogP contribution in [0, 0.1) is 0 Å². The summed E-state index contributed by atoms with van der Waals surface area (Å²) in [4.78, 5) is 28.1. The maximum absolute atomic E-state index is 12.2. The highest BCUT2D eigenvalue weighted by atomic mass is 16.2. The van der Waals surface area contributed by atoms with Crippen molar-refractivity contribution in [2.75, 3.05) is 19.6 Å². The van der Waals surface area contributed by atoms with E-state index in [0.717, 1.165) is 38.8 Å². The van der Waals surface area contributed by atoms with Gasteiger partial charge >= 0.3 is 6.03 Å².